The van der Waals surface area contributed by atoms with Gasteiger partial charge in [0, 0.05) is 6.42 Å². The maximum Gasteiger partial charge on any atom is 0.472 e. The van der Waals surface area contributed by atoms with E-state index >= 15 is 0 Å². The van der Waals surface area contributed by atoms with Crippen molar-refractivity contribution in [3.63, 3.8) is 0 Å². The Bertz CT molecular complexity index is 1820. The SMILES string of the molecule is CC/C=C\C/C=C\C/C=C\C/C=C\C/C=C\C/C=C\C/C=C\CCCCCCCCCCCCCCCCCCCC(=O)NC(COP(=O)(O)OCC[N+](C)(C)C)C(O)/C=C/CC/C=C/CCCCCCCCCCCCCCCCCCCCCCCC. The minimum atomic E-state index is -4.37. The zero-order valence-electron chi connectivity index (χ0n) is 59.2. The fraction of sp³-hybridized carbons (Fsp3) is 0.762. The molecule has 3 atom stereocenters. The van der Waals surface area contributed by atoms with Crippen molar-refractivity contribution < 1.29 is 32.9 Å². The van der Waals surface area contributed by atoms with Crippen LogP contribution in [-0.4, -0.2) is 73.4 Å². The largest absolute Gasteiger partial charge is 0.472 e. The van der Waals surface area contributed by atoms with Crippen LogP contribution in [0.4, 0.5) is 0 Å². The minimum Gasteiger partial charge on any atom is -0.387 e. The van der Waals surface area contributed by atoms with E-state index in [9.17, 15) is 19.4 Å². The van der Waals surface area contributed by atoms with Crippen molar-refractivity contribution in [1.82, 2.24) is 5.32 Å². The summed E-state index contributed by atoms with van der Waals surface area (Å²) in [7, 11) is 1.56. The van der Waals surface area contributed by atoms with E-state index in [-0.39, 0.29) is 19.1 Å². The predicted octanol–water partition coefficient (Wildman–Crippen LogP) is 24.6. The van der Waals surface area contributed by atoms with E-state index in [0.717, 1.165) is 83.5 Å². The normalized spacial score (nSPS) is 14.2. The maximum atomic E-state index is 13.1. The second-order valence-electron chi connectivity index (χ2n) is 26.6. The number of aliphatic hydroxyl groups is 1. The highest BCUT2D eigenvalue weighted by molar-refractivity contribution is 7.47. The topological polar surface area (TPSA) is 105 Å². The van der Waals surface area contributed by atoms with Crippen LogP contribution >= 0.6 is 7.82 Å². The van der Waals surface area contributed by atoms with Gasteiger partial charge in [0.1, 0.15) is 13.2 Å². The molecule has 0 saturated heterocycles. The zero-order valence-corrected chi connectivity index (χ0v) is 60.0. The number of carbonyl (C=O) groups is 1. The lowest BCUT2D eigenvalue weighted by atomic mass is 10.0. The van der Waals surface area contributed by atoms with E-state index in [4.69, 9.17) is 9.05 Å². The van der Waals surface area contributed by atoms with Crippen molar-refractivity contribution in [3.8, 4) is 0 Å². The molecule has 1 amide bonds. The molecule has 0 spiro atoms. The maximum absolute atomic E-state index is 13.1. The van der Waals surface area contributed by atoms with E-state index in [2.05, 4.69) is 116 Å². The molecule has 0 fully saturated rings. The highest BCUT2D eigenvalue weighted by atomic mass is 31.2. The van der Waals surface area contributed by atoms with Crippen LogP contribution in [0.15, 0.2) is 109 Å². The van der Waals surface area contributed by atoms with Crippen molar-refractivity contribution in [3.05, 3.63) is 109 Å². The number of nitrogens with one attached hydrogen (secondary N) is 1. The average molecular weight is 1260 g/mol. The van der Waals surface area contributed by atoms with Crippen LogP contribution in [0.1, 0.15) is 341 Å². The number of nitrogens with zero attached hydrogens (tertiary/aromatic N) is 1. The van der Waals surface area contributed by atoms with Gasteiger partial charge in [-0.25, -0.2) is 4.57 Å². The van der Waals surface area contributed by atoms with Crippen LogP contribution < -0.4 is 5.32 Å². The van der Waals surface area contributed by atoms with Gasteiger partial charge in [0.15, 0.2) is 0 Å². The van der Waals surface area contributed by atoms with Crippen molar-refractivity contribution in [2.45, 2.75) is 353 Å². The smallest absolute Gasteiger partial charge is 0.387 e. The molecule has 0 aromatic rings. The Morgan fingerprint density at radius 3 is 1.03 bits per heavy atom. The first kappa shape index (κ1) is 86.2. The number of allylic oxidation sites excluding steroid dienone is 17. The Morgan fingerprint density at radius 2 is 0.685 bits per heavy atom. The van der Waals surface area contributed by atoms with E-state index in [1.807, 2.05) is 27.2 Å². The number of rotatable bonds is 69. The fourth-order valence-corrected chi connectivity index (χ4v) is 11.7. The monoisotopic (exact) mass is 1260 g/mol. The second-order valence-corrected chi connectivity index (χ2v) is 28.1. The van der Waals surface area contributed by atoms with E-state index in [1.54, 1.807) is 6.08 Å². The van der Waals surface area contributed by atoms with E-state index < -0.39 is 20.0 Å². The Hall–Kier alpha value is -2.84. The Morgan fingerprint density at radius 1 is 0.393 bits per heavy atom. The molecule has 3 unspecified atom stereocenters. The molecule has 89 heavy (non-hydrogen) atoms. The van der Waals surface area contributed by atoms with Crippen molar-refractivity contribution in [2.24, 2.45) is 0 Å². The Balaban J connectivity index is 4.05. The Labute approximate surface area is 552 Å². The lowest BCUT2D eigenvalue weighted by Crippen LogP contribution is -2.45. The quantitative estimate of drug-likeness (QED) is 0.0243. The molecule has 0 aliphatic carbocycles. The molecular formula is C80H146N2O6P+. The molecule has 516 valence electrons. The summed E-state index contributed by atoms with van der Waals surface area (Å²) in [6.07, 6.45) is 103. The number of hydrogen-bond donors (Lipinski definition) is 3. The number of phosphoric ester groups is 1. The molecule has 9 heteroatoms. The molecular weight excluding hydrogens is 1120 g/mol. The molecule has 0 aromatic carbocycles. The third kappa shape index (κ3) is 72.4. The summed E-state index contributed by atoms with van der Waals surface area (Å²) in [5.41, 5.74) is 0. The van der Waals surface area contributed by atoms with Crippen molar-refractivity contribution in [1.29, 1.82) is 0 Å². The van der Waals surface area contributed by atoms with Crippen molar-refractivity contribution >= 4 is 13.7 Å². The lowest BCUT2D eigenvalue weighted by molar-refractivity contribution is -0.870. The van der Waals surface area contributed by atoms with Crippen LogP contribution in [0.2, 0.25) is 0 Å². The highest BCUT2D eigenvalue weighted by Gasteiger charge is 2.28. The molecule has 0 saturated carbocycles. The van der Waals surface area contributed by atoms with Gasteiger partial charge in [-0.2, -0.15) is 0 Å². The first-order valence-corrected chi connectivity index (χ1v) is 39.3. The number of quaternary nitrogens is 1. The van der Waals surface area contributed by atoms with Crippen LogP contribution in [0.3, 0.4) is 0 Å². The first-order valence-electron chi connectivity index (χ1n) is 37.8. The summed E-state index contributed by atoms with van der Waals surface area (Å²) in [6, 6.07) is -0.870. The third-order valence-corrected chi connectivity index (χ3v) is 17.7. The van der Waals surface area contributed by atoms with Gasteiger partial charge in [0.05, 0.1) is 39.9 Å². The lowest BCUT2D eigenvalue weighted by Gasteiger charge is -2.25. The summed E-state index contributed by atoms with van der Waals surface area (Å²) in [5.74, 6) is -0.185. The van der Waals surface area contributed by atoms with Gasteiger partial charge in [0.2, 0.25) is 5.91 Å². The average Bonchev–Trinajstić information content (AvgIpc) is 3.55. The van der Waals surface area contributed by atoms with Crippen LogP contribution in [0.25, 0.3) is 0 Å². The van der Waals surface area contributed by atoms with Gasteiger partial charge >= 0.3 is 7.82 Å². The van der Waals surface area contributed by atoms with Crippen LogP contribution in [-0.2, 0) is 18.4 Å². The molecule has 0 rings (SSSR count). The molecule has 0 aliphatic rings. The molecule has 8 nitrogen and oxygen atoms in total. The fourth-order valence-electron chi connectivity index (χ4n) is 10.9. The predicted molar refractivity (Wildman–Crippen MR) is 392 cm³/mol. The van der Waals surface area contributed by atoms with Gasteiger partial charge in [0.25, 0.3) is 0 Å². The summed E-state index contributed by atoms with van der Waals surface area (Å²) < 4.78 is 23.8. The van der Waals surface area contributed by atoms with Gasteiger partial charge in [-0.15, -0.1) is 0 Å². The van der Waals surface area contributed by atoms with Crippen LogP contribution in [0.5, 0.6) is 0 Å². The molecule has 0 bridgehead atoms. The van der Waals surface area contributed by atoms with Crippen LogP contribution in [0, 0.1) is 0 Å². The second kappa shape index (κ2) is 69.5. The number of unbranched alkanes of at least 4 members (excludes halogenated alkanes) is 40. The molecule has 0 aliphatic heterocycles. The number of aliphatic hydroxyl groups excluding tert-OH is 1. The van der Waals surface area contributed by atoms with Gasteiger partial charge in [-0.05, 0) is 89.9 Å². The highest BCUT2D eigenvalue weighted by Crippen LogP contribution is 2.43. The van der Waals surface area contributed by atoms with E-state index in [1.165, 1.54) is 238 Å². The number of hydrogen-bond acceptors (Lipinski definition) is 5. The van der Waals surface area contributed by atoms with Crippen molar-refractivity contribution in [2.75, 3.05) is 40.9 Å². The number of amides is 1. The number of likely N-dealkylation sites (N-methyl/N-ethyl adjacent to an activating group) is 1. The Kier molecular flexibility index (Phi) is 67.3. The summed E-state index contributed by atoms with van der Waals surface area (Å²) in [4.78, 5) is 23.5. The summed E-state index contributed by atoms with van der Waals surface area (Å²) in [5, 5.41) is 14.0. The number of phosphoric acid groups is 1. The minimum absolute atomic E-state index is 0.0538. The van der Waals surface area contributed by atoms with E-state index in [0.29, 0.717) is 17.4 Å². The summed E-state index contributed by atoms with van der Waals surface area (Å²) >= 11 is 0. The van der Waals surface area contributed by atoms with Gasteiger partial charge < -0.3 is 19.8 Å². The number of carbonyl (C=O) groups excluding carboxylic acids is 1. The summed E-state index contributed by atoms with van der Waals surface area (Å²) in [6.45, 7) is 4.72. The third-order valence-electron chi connectivity index (χ3n) is 16.7. The molecule has 3 N–H and O–H groups in total. The standard InChI is InChI=1S/C80H145N2O6P/c1-6-8-10-12-14-16-18-20-22-24-26-28-30-32-34-36-37-38-39-40-41-42-43-44-45-46-48-50-52-54-56-58-60-62-64-66-68-70-72-74-80(84)81-78(77-88-89(85,86)87-76-75-82(3,4)5)79(83)73-71-69-67-65-63-61-59-57-55-53-51-49-47-35-33-31-29-27-25-23-21-19-17-15-13-11-9-7-2/h8,10,14,16,20,22,26,28,32,34,37-38,40-41,63,65,71,73,78-79,83H,6-7,9,11-13,15,17-19,21,23-25,27,29-31,33,35-36,39,42-62,64,66-70,72,74-77H2,1-5H3,(H-,81,84,85,86)/p+1/b10-8-,16-14-,22-20-,28-26-,34-32-,38-37-,41-40-,65-63+,73-71+. The molecule has 0 radical (unpaired) electrons. The molecule has 0 heterocycles. The molecule has 0 aromatic heterocycles. The van der Waals surface area contributed by atoms with Gasteiger partial charge in [-0.3, -0.25) is 13.8 Å². The zero-order chi connectivity index (χ0) is 64.8. The first-order chi connectivity index (χ1) is 43.5. The van der Waals surface area contributed by atoms with Gasteiger partial charge in [-0.1, -0.05) is 354 Å².